The summed E-state index contributed by atoms with van der Waals surface area (Å²) >= 11 is 0. The molecule has 2 aromatic rings. The molecule has 3 heterocycles. The van der Waals surface area contributed by atoms with Gasteiger partial charge in [0.2, 0.25) is 6.23 Å². The average Bonchev–Trinajstić information content (AvgIpc) is 3.55. The van der Waals surface area contributed by atoms with Gasteiger partial charge in [0.15, 0.2) is 0 Å². The van der Waals surface area contributed by atoms with Gasteiger partial charge in [-0.15, -0.1) is 4.91 Å². The van der Waals surface area contributed by atoms with Crippen molar-refractivity contribution in [3.63, 3.8) is 0 Å². The minimum atomic E-state index is -0.524. The Morgan fingerprint density at radius 1 is 1.00 bits per heavy atom. The van der Waals surface area contributed by atoms with Crippen molar-refractivity contribution in [1.29, 1.82) is 0 Å². The molecule has 140 valence electrons. The third kappa shape index (κ3) is 2.86. The Labute approximate surface area is 158 Å². The van der Waals surface area contributed by atoms with Crippen LogP contribution in [0.1, 0.15) is 66.4 Å². The van der Waals surface area contributed by atoms with Crippen molar-refractivity contribution in [2.75, 3.05) is 6.61 Å². The summed E-state index contributed by atoms with van der Waals surface area (Å²) in [5.74, 6) is 1.01. The molecule has 0 N–H and O–H groups in total. The molecule has 3 aliphatic rings. The van der Waals surface area contributed by atoms with E-state index < -0.39 is 6.23 Å². The maximum absolute atomic E-state index is 10.5. The molecule has 2 fully saturated rings. The van der Waals surface area contributed by atoms with Gasteiger partial charge in [-0.3, -0.25) is 0 Å². The third-order valence-electron chi connectivity index (χ3n) is 6.05. The average molecular weight is 365 g/mol. The Kier molecular flexibility index (Phi) is 3.68. The van der Waals surface area contributed by atoms with Crippen LogP contribution >= 0.6 is 0 Å². The van der Waals surface area contributed by atoms with Crippen molar-refractivity contribution < 1.29 is 14.2 Å². The zero-order chi connectivity index (χ0) is 18.8. The Bertz CT molecular complexity index is 905. The van der Waals surface area contributed by atoms with Gasteiger partial charge in [0, 0.05) is 5.56 Å². The highest BCUT2D eigenvalue weighted by atomic mass is 16.6. The molecule has 0 amide bonds. The van der Waals surface area contributed by atoms with Crippen molar-refractivity contribution >= 4 is 0 Å². The normalized spacial score (nSPS) is 30.2. The van der Waals surface area contributed by atoms with Crippen molar-refractivity contribution in [3.8, 4) is 5.75 Å². The number of nitroso groups, excluding NO2 is 1. The van der Waals surface area contributed by atoms with Crippen LogP contribution in [0.15, 0.2) is 41.6 Å². The quantitative estimate of drug-likeness (QED) is 0.563. The lowest BCUT2D eigenvalue weighted by atomic mass is 9.78. The second-order valence-electron chi connectivity index (χ2n) is 8.38. The summed E-state index contributed by atoms with van der Waals surface area (Å²) in [4.78, 5) is 10.5. The molecule has 0 saturated carbocycles. The Morgan fingerprint density at radius 3 is 2.37 bits per heavy atom. The minimum Gasteiger partial charge on any atom is -0.493 e. The highest BCUT2D eigenvalue weighted by molar-refractivity contribution is 5.49. The van der Waals surface area contributed by atoms with Crippen LogP contribution < -0.4 is 4.74 Å². The van der Waals surface area contributed by atoms with Crippen molar-refractivity contribution in [3.05, 3.63) is 69.1 Å². The van der Waals surface area contributed by atoms with Crippen LogP contribution in [0.3, 0.4) is 0 Å². The van der Waals surface area contributed by atoms with Gasteiger partial charge in [-0.25, -0.2) is 0 Å². The highest BCUT2D eigenvalue weighted by Crippen LogP contribution is 2.54. The summed E-state index contributed by atoms with van der Waals surface area (Å²) in [5.41, 5.74) is 5.99. The molecule has 27 heavy (non-hydrogen) atoms. The summed E-state index contributed by atoms with van der Waals surface area (Å²) in [6, 6.07) is 12.6. The standard InChI is InChI=1S/C22H23NO4/c1-12-10-17-16(22(2,3)8-9-25-17)11-15(12)20-18(26-20)13-4-6-14(7-5-13)19-21(23-24)27-19/h4-7,10-11,18-21H,8-9H2,1-3H3. The first kappa shape index (κ1) is 16.9. The number of rotatable bonds is 4. The van der Waals surface area contributed by atoms with Crippen LogP contribution in [-0.4, -0.2) is 12.8 Å². The highest BCUT2D eigenvalue weighted by Gasteiger charge is 2.45. The van der Waals surface area contributed by atoms with Crippen LogP contribution in [-0.2, 0) is 14.9 Å². The lowest BCUT2D eigenvalue weighted by molar-refractivity contribution is 0.233. The van der Waals surface area contributed by atoms with E-state index in [1.54, 1.807) is 0 Å². The summed E-state index contributed by atoms with van der Waals surface area (Å²) in [6.07, 6.45) is 0.477. The zero-order valence-corrected chi connectivity index (χ0v) is 15.8. The van der Waals surface area contributed by atoms with Gasteiger partial charge in [-0.05, 0) is 58.3 Å². The van der Waals surface area contributed by atoms with E-state index in [0.717, 1.165) is 29.9 Å². The lowest BCUT2D eigenvalue weighted by Crippen LogP contribution is -2.27. The first-order chi connectivity index (χ1) is 13.0. The van der Waals surface area contributed by atoms with Crippen LogP contribution in [0.2, 0.25) is 0 Å². The number of ether oxygens (including phenoxy) is 3. The molecule has 2 saturated heterocycles. The number of benzene rings is 2. The van der Waals surface area contributed by atoms with Crippen LogP contribution in [0.5, 0.6) is 5.75 Å². The molecular formula is C22H23NO4. The van der Waals surface area contributed by atoms with Gasteiger partial charge in [0.25, 0.3) is 0 Å². The molecule has 0 bridgehead atoms. The number of aryl methyl sites for hydroxylation is 1. The minimum absolute atomic E-state index is 0.0727. The Balaban J connectivity index is 1.38. The first-order valence-electron chi connectivity index (χ1n) is 9.49. The molecule has 5 rings (SSSR count). The van der Waals surface area contributed by atoms with Crippen LogP contribution in [0.25, 0.3) is 0 Å². The summed E-state index contributed by atoms with van der Waals surface area (Å²) in [7, 11) is 0. The van der Waals surface area contributed by atoms with Gasteiger partial charge in [-0.1, -0.05) is 38.1 Å². The predicted octanol–water partition coefficient (Wildman–Crippen LogP) is 5.03. The van der Waals surface area contributed by atoms with E-state index in [9.17, 15) is 4.91 Å². The van der Waals surface area contributed by atoms with E-state index >= 15 is 0 Å². The van der Waals surface area contributed by atoms with Gasteiger partial charge in [0.05, 0.1) is 6.61 Å². The van der Waals surface area contributed by atoms with Gasteiger partial charge in [-0.2, -0.15) is 0 Å². The number of nitrogens with zero attached hydrogens (tertiary/aromatic N) is 1. The van der Waals surface area contributed by atoms with Crippen LogP contribution in [0, 0.1) is 11.8 Å². The Morgan fingerprint density at radius 2 is 1.70 bits per heavy atom. The monoisotopic (exact) mass is 365 g/mol. The van der Waals surface area contributed by atoms with E-state index in [0.29, 0.717) is 0 Å². The topological polar surface area (TPSA) is 63.7 Å². The Hall–Kier alpha value is -2.24. The maximum atomic E-state index is 10.5. The smallest absolute Gasteiger partial charge is 0.221 e. The van der Waals surface area contributed by atoms with E-state index in [4.69, 9.17) is 14.2 Å². The fraction of sp³-hybridized carbons (Fsp3) is 0.455. The molecule has 5 heteroatoms. The molecule has 4 unspecified atom stereocenters. The maximum Gasteiger partial charge on any atom is 0.221 e. The molecule has 0 spiro atoms. The van der Waals surface area contributed by atoms with E-state index in [1.807, 2.05) is 12.1 Å². The van der Waals surface area contributed by atoms with Gasteiger partial charge >= 0.3 is 0 Å². The largest absolute Gasteiger partial charge is 0.493 e. The predicted molar refractivity (Wildman–Crippen MR) is 101 cm³/mol. The second-order valence-corrected chi connectivity index (χ2v) is 8.38. The number of hydrogen-bond acceptors (Lipinski definition) is 5. The molecule has 0 aliphatic carbocycles. The summed E-state index contributed by atoms with van der Waals surface area (Å²) in [5, 5.41) is 2.93. The van der Waals surface area contributed by atoms with Crippen molar-refractivity contribution in [1.82, 2.24) is 0 Å². The van der Waals surface area contributed by atoms with Gasteiger partial charge < -0.3 is 14.2 Å². The lowest BCUT2D eigenvalue weighted by Gasteiger charge is -2.33. The fourth-order valence-corrected chi connectivity index (χ4v) is 4.11. The summed E-state index contributed by atoms with van der Waals surface area (Å²) in [6.45, 7) is 7.45. The molecule has 3 aliphatic heterocycles. The SMILES string of the molecule is Cc1cc2c(cc1C1OC1c1ccc(C3OC3N=O)cc1)C(C)(C)CCO2. The number of epoxide rings is 2. The first-order valence-corrected chi connectivity index (χ1v) is 9.49. The fourth-order valence-electron chi connectivity index (χ4n) is 4.11. The van der Waals surface area contributed by atoms with Crippen molar-refractivity contribution in [2.45, 2.75) is 57.1 Å². The molecule has 2 aromatic carbocycles. The number of fused-ring (bicyclic) bond motifs is 1. The van der Waals surface area contributed by atoms with E-state index in [2.05, 4.69) is 50.2 Å². The van der Waals surface area contributed by atoms with Crippen molar-refractivity contribution in [2.24, 2.45) is 5.18 Å². The van der Waals surface area contributed by atoms with Crippen LogP contribution in [0.4, 0.5) is 0 Å². The molecule has 5 nitrogen and oxygen atoms in total. The molecule has 0 radical (unpaired) electrons. The van der Waals surface area contributed by atoms with Gasteiger partial charge in [0.1, 0.15) is 24.1 Å². The second kappa shape index (κ2) is 5.88. The van der Waals surface area contributed by atoms with E-state index in [1.165, 1.54) is 16.7 Å². The number of hydrogen-bond donors (Lipinski definition) is 0. The third-order valence-corrected chi connectivity index (χ3v) is 6.05. The van der Waals surface area contributed by atoms with E-state index in [-0.39, 0.29) is 23.7 Å². The molecule has 4 atom stereocenters. The zero-order valence-electron chi connectivity index (χ0n) is 15.8. The molecular weight excluding hydrogens is 342 g/mol. The molecule has 0 aromatic heterocycles. The summed E-state index contributed by atoms with van der Waals surface area (Å²) < 4.78 is 17.2.